The van der Waals surface area contributed by atoms with Crippen LogP contribution >= 0.6 is 0 Å². The van der Waals surface area contributed by atoms with Crippen molar-refractivity contribution in [2.24, 2.45) is 5.92 Å². The molecule has 0 aliphatic carbocycles. The van der Waals surface area contributed by atoms with E-state index in [1.54, 1.807) is 0 Å². The van der Waals surface area contributed by atoms with Crippen molar-refractivity contribution >= 4 is 17.7 Å². The zero-order valence-electron chi connectivity index (χ0n) is 18.1. The van der Waals surface area contributed by atoms with Crippen molar-refractivity contribution in [3.05, 3.63) is 23.4 Å². The molecule has 1 amide bonds. The first kappa shape index (κ1) is 23.1. The van der Waals surface area contributed by atoms with Crippen LogP contribution in [-0.2, 0) is 27.2 Å². The predicted octanol–water partition coefficient (Wildman–Crippen LogP) is 2.40. The van der Waals surface area contributed by atoms with E-state index < -0.39 is 0 Å². The zero-order valence-corrected chi connectivity index (χ0v) is 18.1. The number of hydrogen-bond donors (Lipinski definition) is 2. The summed E-state index contributed by atoms with van der Waals surface area (Å²) in [6.07, 6.45) is 6.13. The van der Waals surface area contributed by atoms with E-state index in [0.717, 1.165) is 69.8 Å². The molecule has 1 unspecified atom stereocenters. The van der Waals surface area contributed by atoms with Gasteiger partial charge in [0.2, 0.25) is 5.91 Å². The summed E-state index contributed by atoms with van der Waals surface area (Å²) >= 11 is 0. The molecule has 1 aliphatic rings. The Labute approximate surface area is 174 Å². The van der Waals surface area contributed by atoms with Crippen LogP contribution in [-0.4, -0.2) is 61.6 Å². The number of fused-ring (bicyclic) bond motifs is 1. The average molecular weight is 405 g/mol. The van der Waals surface area contributed by atoms with Crippen molar-refractivity contribution in [3.63, 3.8) is 0 Å². The molecule has 29 heavy (non-hydrogen) atoms. The molecule has 0 fully saturated rings. The summed E-state index contributed by atoms with van der Waals surface area (Å²) in [6, 6.07) is 4.36. The molecule has 7 heteroatoms. The topological polar surface area (TPSA) is 83.6 Å². The maximum absolute atomic E-state index is 11.6. The van der Waals surface area contributed by atoms with Gasteiger partial charge in [0.1, 0.15) is 5.82 Å². The number of carbonyl (C=O) groups excluding carboxylic acids is 2. The first-order valence-corrected chi connectivity index (χ1v) is 10.8. The molecule has 0 spiro atoms. The molecule has 1 atom stereocenters. The normalized spacial score (nSPS) is 14.1. The molecule has 162 valence electrons. The summed E-state index contributed by atoms with van der Waals surface area (Å²) in [5.74, 6) is 0.761. The number of nitrogens with zero attached hydrogens (tertiary/aromatic N) is 2. The number of methoxy groups -OCH3 is 1. The minimum atomic E-state index is -0.168. The molecular formula is C22H36N4O3. The second-order valence-corrected chi connectivity index (χ2v) is 7.84. The van der Waals surface area contributed by atoms with Crippen LogP contribution in [0.25, 0.3) is 0 Å². The highest BCUT2D eigenvalue weighted by Crippen LogP contribution is 2.20. The van der Waals surface area contributed by atoms with Gasteiger partial charge in [-0.15, -0.1) is 0 Å². The summed E-state index contributed by atoms with van der Waals surface area (Å²) in [5.41, 5.74) is 2.46. The molecule has 2 heterocycles. The Balaban J connectivity index is 1.76. The van der Waals surface area contributed by atoms with Gasteiger partial charge in [0.15, 0.2) is 0 Å². The summed E-state index contributed by atoms with van der Waals surface area (Å²) in [5, 5.41) is 6.25. The molecule has 2 rings (SSSR count). The summed E-state index contributed by atoms with van der Waals surface area (Å²) in [7, 11) is 1.43. The van der Waals surface area contributed by atoms with Gasteiger partial charge in [-0.2, -0.15) is 0 Å². The van der Waals surface area contributed by atoms with Crippen molar-refractivity contribution in [1.29, 1.82) is 0 Å². The lowest BCUT2D eigenvalue weighted by molar-refractivity contribution is -0.145. The summed E-state index contributed by atoms with van der Waals surface area (Å²) in [4.78, 5) is 29.9. The van der Waals surface area contributed by atoms with Gasteiger partial charge in [-0.05, 0) is 63.2 Å². The second kappa shape index (κ2) is 12.4. The van der Waals surface area contributed by atoms with Crippen molar-refractivity contribution in [3.8, 4) is 0 Å². The van der Waals surface area contributed by atoms with Gasteiger partial charge in [-0.25, -0.2) is 4.98 Å². The first-order valence-electron chi connectivity index (χ1n) is 10.8. The van der Waals surface area contributed by atoms with Crippen LogP contribution in [0, 0.1) is 5.92 Å². The molecule has 1 aromatic heterocycles. The smallest absolute Gasteiger partial charge is 0.308 e. The van der Waals surface area contributed by atoms with E-state index in [1.807, 2.05) is 6.92 Å². The van der Waals surface area contributed by atoms with Crippen molar-refractivity contribution in [1.82, 2.24) is 15.2 Å². The second-order valence-electron chi connectivity index (χ2n) is 7.84. The molecular weight excluding hydrogens is 368 g/mol. The van der Waals surface area contributed by atoms with Crippen LogP contribution in [0.2, 0.25) is 0 Å². The highest BCUT2D eigenvalue weighted by molar-refractivity contribution is 5.72. The Morgan fingerprint density at radius 2 is 2.10 bits per heavy atom. The van der Waals surface area contributed by atoms with Crippen LogP contribution in [0.4, 0.5) is 5.82 Å². The molecule has 0 radical (unpaired) electrons. The fourth-order valence-corrected chi connectivity index (χ4v) is 3.57. The third-order valence-electron chi connectivity index (χ3n) is 5.39. The molecule has 7 nitrogen and oxygen atoms in total. The minimum absolute atomic E-state index is 0.0139. The number of nitrogens with one attached hydrogen (secondary N) is 2. The lowest BCUT2D eigenvalue weighted by Crippen LogP contribution is -2.36. The third-order valence-corrected chi connectivity index (χ3v) is 5.39. The summed E-state index contributed by atoms with van der Waals surface area (Å²) < 4.78 is 4.82. The van der Waals surface area contributed by atoms with E-state index in [-0.39, 0.29) is 17.8 Å². The maximum Gasteiger partial charge on any atom is 0.308 e. The molecule has 0 aromatic carbocycles. The molecule has 0 saturated heterocycles. The minimum Gasteiger partial charge on any atom is -0.469 e. The molecule has 0 bridgehead atoms. The number of unbranched alkanes of at least 4 members (excludes halogenated alkanes) is 1. The van der Waals surface area contributed by atoms with Gasteiger partial charge in [-0.3, -0.25) is 9.59 Å². The highest BCUT2D eigenvalue weighted by Gasteiger charge is 2.15. The Morgan fingerprint density at radius 1 is 1.28 bits per heavy atom. The standard InChI is InChI=1S/C22H36N4O3/c1-17(22(28)29-3)11-15-26(16-13-23-18(2)27)14-5-4-8-20-10-9-19-7-6-12-24-21(19)25-20/h9-10,17H,4-8,11-16H2,1-3H3,(H,23,27)(H,24,25). The molecule has 1 aliphatic heterocycles. The van der Waals surface area contributed by atoms with Gasteiger partial charge in [0.25, 0.3) is 0 Å². The number of rotatable bonds is 12. The number of aromatic nitrogens is 1. The average Bonchev–Trinajstić information content (AvgIpc) is 2.73. The Hall–Kier alpha value is -2.15. The highest BCUT2D eigenvalue weighted by atomic mass is 16.5. The zero-order chi connectivity index (χ0) is 21.1. The number of pyridine rings is 1. The number of aryl methyl sites for hydroxylation is 2. The largest absolute Gasteiger partial charge is 0.469 e. The number of carbonyl (C=O) groups is 2. The number of hydrogen-bond acceptors (Lipinski definition) is 6. The van der Waals surface area contributed by atoms with E-state index in [1.165, 1.54) is 26.0 Å². The Morgan fingerprint density at radius 3 is 2.86 bits per heavy atom. The molecule has 0 saturated carbocycles. The van der Waals surface area contributed by atoms with E-state index >= 15 is 0 Å². The van der Waals surface area contributed by atoms with Gasteiger partial charge < -0.3 is 20.3 Å². The van der Waals surface area contributed by atoms with Crippen LogP contribution in [0.15, 0.2) is 12.1 Å². The Kier molecular flexibility index (Phi) is 9.91. The number of ether oxygens (including phenoxy) is 1. The van der Waals surface area contributed by atoms with Crippen molar-refractivity contribution < 1.29 is 14.3 Å². The summed E-state index contributed by atoms with van der Waals surface area (Å²) in [6.45, 7) is 7.61. The van der Waals surface area contributed by atoms with E-state index in [2.05, 4.69) is 27.7 Å². The van der Waals surface area contributed by atoms with Gasteiger partial charge in [0.05, 0.1) is 13.0 Å². The van der Waals surface area contributed by atoms with E-state index in [9.17, 15) is 9.59 Å². The number of esters is 1. The first-order chi connectivity index (χ1) is 14.0. The fraction of sp³-hybridized carbons (Fsp3) is 0.682. The molecule has 2 N–H and O–H groups in total. The molecule has 1 aromatic rings. The van der Waals surface area contributed by atoms with E-state index in [4.69, 9.17) is 9.72 Å². The van der Waals surface area contributed by atoms with Crippen LogP contribution in [0.1, 0.15) is 50.8 Å². The fourth-order valence-electron chi connectivity index (χ4n) is 3.57. The van der Waals surface area contributed by atoms with Crippen molar-refractivity contribution in [2.75, 3.05) is 45.2 Å². The maximum atomic E-state index is 11.6. The quantitative estimate of drug-likeness (QED) is 0.411. The third kappa shape index (κ3) is 8.40. The predicted molar refractivity (Wildman–Crippen MR) is 115 cm³/mol. The van der Waals surface area contributed by atoms with Crippen molar-refractivity contribution in [2.45, 2.75) is 52.4 Å². The lowest BCUT2D eigenvalue weighted by atomic mass is 10.1. The Bertz CT molecular complexity index is 665. The van der Waals surface area contributed by atoms with Gasteiger partial charge >= 0.3 is 5.97 Å². The lowest BCUT2D eigenvalue weighted by Gasteiger charge is -2.23. The van der Waals surface area contributed by atoms with Crippen LogP contribution in [0.5, 0.6) is 0 Å². The van der Waals surface area contributed by atoms with Crippen LogP contribution < -0.4 is 10.6 Å². The van der Waals surface area contributed by atoms with E-state index in [0.29, 0.717) is 6.54 Å². The number of anilines is 1. The number of amides is 1. The van der Waals surface area contributed by atoms with Gasteiger partial charge in [-0.1, -0.05) is 13.0 Å². The van der Waals surface area contributed by atoms with Crippen LogP contribution in [0.3, 0.4) is 0 Å². The SMILES string of the molecule is COC(=O)C(C)CCN(CCCCc1ccc2c(n1)NCCC2)CCNC(C)=O. The van der Waals surface area contributed by atoms with Gasteiger partial charge in [0, 0.05) is 32.3 Å². The monoisotopic (exact) mass is 404 g/mol.